The molecule has 3 aromatic rings. The van der Waals surface area contributed by atoms with Crippen molar-refractivity contribution in [1.82, 2.24) is 0 Å². The Balaban J connectivity index is 1.42. The molecule has 0 radical (unpaired) electrons. The van der Waals surface area contributed by atoms with Gasteiger partial charge in [0.25, 0.3) is 0 Å². The summed E-state index contributed by atoms with van der Waals surface area (Å²) in [5.74, 6) is 1.17. The summed E-state index contributed by atoms with van der Waals surface area (Å²) in [6, 6.07) is 19.5. The largest absolute Gasteiger partial charge is 0.493 e. The Bertz CT molecular complexity index is 1200. The van der Waals surface area contributed by atoms with E-state index in [0.29, 0.717) is 34.1 Å². The maximum absolute atomic E-state index is 12.8. The fraction of sp³-hybridized carbons (Fsp3) is 0.154. The lowest BCUT2D eigenvalue weighted by atomic mass is 10.1. The van der Waals surface area contributed by atoms with Crippen molar-refractivity contribution in [3.63, 3.8) is 0 Å². The Morgan fingerprint density at radius 1 is 0.970 bits per heavy atom. The van der Waals surface area contributed by atoms with E-state index >= 15 is 0 Å². The fourth-order valence-corrected chi connectivity index (χ4v) is 3.35. The summed E-state index contributed by atoms with van der Waals surface area (Å²) in [5, 5.41) is 0. The van der Waals surface area contributed by atoms with Crippen LogP contribution in [-0.2, 0) is 16.1 Å². The minimum atomic E-state index is -0.498. The third-order valence-corrected chi connectivity index (χ3v) is 4.96. The number of hydrogen-bond donors (Lipinski definition) is 0. The SMILES string of the molecule is COc1cccc(/C=C2\Oc3cc(OCC(=O)OCc4ccccc4)ccc3C2=O)c1OC. The molecule has 0 unspecified atom stereocenters. The summed E-state index contributed by atoms with van der Waals surface area (Å²) in [7, 11) is 3.07. The zero-order chi connectivity index (χ0) is 23.2. The first kappa shape index (κ1) is 22.0. The third-order valence-electron chi connectivity index (χ3n) is 4.96. The topological polar surface area (TPSA) is 80.3 Å². The van der Waals surface area contributed by atoms with Crippen LogP contribution >= 0.6 is 0 Å². The number of carbonyl (C=O) groups is 2. The molecule has 0 N–H and O–H groups in total. The molecule has 33 heavy (non-hydrogen) atoms. The van der Waals surface area contributed by atoms with Crippen LogP contribution in [0.1, 0.15) is 21.5 Å². The molecular weight excluding hydrogens is 424 g/mol. The molecule has 4 rings (SSSR count). The molecule has 7 heteroatoms. The quantitative estimate of drug-likeness (QED) is 0.374. The highest BCUT2D eigenvalue weighted by Crippen LogP contribution is 2.37. The summed E-state index contributed by atoms with van der Waals surface area (Å²) >= 11 is 0. The number of Topliss-reactive ketones (excluding diaryl/α,β-unsaturated/α-hetero) is 1. The summed E-state index contributed by atoms with van der Waals surface area (Å²) in [6.45, 7) is -0.0873. The van der Waals surface area contributed by atoms with Gasteiger partial charge in [0.05, 0.1) is 19.8 Å². The molecule has 3 aromatic carbocycles. The van der Waals surface area contributed by atoms with Crippen LogP contribution in [0, 0.1) is 0 Å². The van der Waals surface area contributed by atoms with E-state index in [9.17, 15) is 9.59 Å². The minimum Gasteiger partial charge on any atom is -0.493 e. The monoisotopic (exact) mass is 446 g/mol. The molecule has 0 atom stereocenters. The van der Waals surface area contributed by atoms with Gasteiger partial charge < -0.3 is 23.7 Å². The van der Waals surface area contributed by atoms with Crippen molar-refractivity contribution in [3.05, 3.63) is 89.2 Å². The number of allylic oxidation sites excluding steroid dienone is 1. The maximum atomic E-state index is 12.8. The highest BCUT2D eigenvalue weighted by Gasteiger charge is 2.28. The molecule has 1 aliphatic rings. The number of esters is 1. The number of para-hydroxylation sites is 1. The standard InChI is InChI=1S/C26H22O7/c1-29-21-10-6-9-18(26(21)30-2)13-23-25(28)20-12-11-19(14-22(20)33-23)31-16-24(27)32-15-17-7-4-3-5-8-17/h3-14H,15-16H2,1-2H3/b23-13-. The van der Waals surface area contributed by atoms with Gasteiger partial charge in [-0.1, -0.05) is 42.5 Å². The van der Waals surface area contributed by atoms with E-state index in [1.54, 1.807) is 49.6 Å². The second-order valence-corrected chi connectivity index (χ2v) is 7.12. The van der Waals surface area contributed by atoms with E-state index in [0.717, 1.165) is 5.56 Å². The van der Waals surface area contributed by atoms with Gasteiger partial charge in [0, 0.05) is 11.6 Å². The smallest absolute Gasteiger partial charge is 0.344 e. The van der Waals surface area contributed by atoms with Crippen LogP contribution in [0.5, 0.6) is 23.0 Å². The Morgan fingerprint density at radius 3 is 2.55 bits per heavy atom. The molecule has 0 fully saturated rings. The molecule has 1 aliphatic heterocycles. The lowest BCUT2D eigenvalue weighted by Crippen LogP contribution is -2.14. The van der Waals surface area contributed by atoms with Crippen LogP contribution in [0.15, 0.2) is 72.5 Å². The number of ketones is 1. The molecule has 0 aliphatic carbocycles. The van der Waals surface area contributed by atoms with Gasteiger partial charge >= 0.3 is 5.97 Å². The number of benzene rings is 3. The van der Waals surface area contributed by atoms with Crippen LogP contribution in [0.3, 0.4) is 0 Å². The van der Waals surface area contributed by atoms with E-state index in [2.05, 4.69) is 0 Å². The first-order chi connectivity index (χ1) is 16.1. The predicted octanol–water partition coefficient (Wildman–Crippen LogP) is 4.44. The van der Waals surface area contributed by atoms with E-state index in [-0.39, 0.29) is 24.8 Å². The molecular formula is C26H22O7. The van der Waals surface area contributed by atoms with E-state index in [1.165, 1.54) is 7.11 Å². The van der Waals surface area contributed by atoms with Crippen molar-refractivity contribution < 1.29 is 33.3 Å². The number of ether oxygens (including phenoxy) is 5. The summed E-state index contributed by atoms with van der Waals surface area (Å²) in [4.78, 5) is 24.8. The van der Waals surface area contributed by atoms with Gasteiger partial charge in [0.2, 0.25) is 5.78 Å². The number of fused-ring (bicyclic) bond motifs is 1. The van der Waals surface area contributed by atoms with Crippen molar-refractivity contribution in [2.45, 2.75) is 6.61 Å². The number of rotatable bonds is 8. The lowest BCUT2D eigenvalue weighted by molar-refractivity contribution is -0.147. The normalized spacial score (nSPS) is 13.3. The molecule has 0 spiro atoms. The molecule has 1 heterocycles. The Kier molecular flexibility index (Phi) is 6.59. The Hall–Kier alpha value is -4.26. The molecule has 0 saturated carbocycles. The number of carbonyl (C=O) groups excluding carboxylic acids is 2. The van der Waals surface area contributed by atoms with Crippen molar-refractivity contribution in [2.75, 3.05) is 20.8 Å². The second kappa shape index (κ2) is 9.91. The predicted molar refractivity (Wildman–Crippen MR) is 121 cm³/mol. The molecule has 0 aromatic heterocycles. The first-order valence-electron chi connectivity index (χ1n) is 10.2. The van der Waals surface area contributed by atoms with Gasteiger partial charge in [-0.3, -0.25) is 4.79 Å². The summed E-state index contributed by atoms with van der Waals surface area (Å²) in [5.41, 5.74) is 1.94. The van der Waals surface area contributed by atoms with Gasteiger partial charge in [-0.2, -0.15) is 0 Å². The second-order valence-electron chi connectivity index (χ2n) is 7.12. The van der Waals surface area contributed by atoms with Crippen LogP contribution in [0.4, 0.5) is 0 Å². The van der Waals surface area contributed by atoms with Crippen molar-refractivity contribution in [1.29, 1.82) is 0 Å². The van der Waals surface area contributed by atoms with Crippen LogP contribution in [0.2, 0.25) is 0 Å². The van der Waals surface area contributed by atoms with Crippen molar-refractivity contribution in [3.8, 4) is 23.0 Å². The Labute approximate surface area is 191 Å². The van der Waals surface area contributed by atoms with Gasteiger partial charge in [-0.15, -0.1) is 0 Å². The summed E-state index contributed by atoms with van der Waals surface area (Å²) < 4.78 is 27.2. The minimum absolute atomic E-state index is 0.149. The zero-order valence-corrected chi connectivity index (χ0v) is 18.2. The lowest BCUT2D eigenvalue weighted by Gasteiger charge is -2.10. The summed E-state index contributed by atoms with van der Waals surface area (Å²) in [6.07, 6.45) is 1.60. The maximum Gasteiger partial charge on any atom is 0.344 e. The van der Waals surface area contributed by atoms with Crippen LogP contribution < -0.4 is 18.9 Å². The van der Waals surface area contributed by atoms with Gasteiger partial charge in [-0.25, -0.2) is 4.79 Å². The van der Waals surface area contributed by atoms with E-state index in [1.807, 2.05) is 30.3 Å². The first-order valence-corrected chi connectivity index (χ1v) is 10.2. The number of methoxy groups -OCH3 is 2. The van der Waals surface area contributed by atoms with Crippen LogP contribution in [0.25, 0.3) is 6.08 Å². The Morgan fingerprint density at radius 2 is 1.79 bits per heavy atom. The molecule has 0 amide bonds. The average Bonchev–Trinajstić information content (AvgIpc) is 3.16. The van der Waals surface area contributed by atoms with E-state index in [4.69, 9.17) is 23.7 Å². The van der Waals surface area contributed by atoms with Crippen molar-refractivity contribution >= 4 is 17.8 Å². The van der Waals surface area contributed by atoms with Gasteiger partial charge in [0.1, 0.15) is 18.1 Å². The third kappa shape index (κ3) is 4.98. The molecule has 168 valence electrons. The highest BCUT2D eigenvalue weighted by atomic mass is 16.6. The number of hydrogen-bond acceptors (Lipinski definition) is 7. The van der Waals surface area contributed by atoms with Crippen molar-refractivity contribution in [2.24, 2.45) is 0 Å². The van der Waals surface area contributed by atoms with Gasteiger partial charge in [0.15, 0.2) is 23.9 Å². The molecule has 0 saturated heterocycles. The van der Waals surface area contributed by atoms with Crippen LogP contribution in [-0.4, -0.2) is 32.6 Å². The highest BCUT2D eigenvalue weighted by molar-refractivity contribution is 6.14. The van der Waals surface area contributed by atoms with E-state index < -0.39 is 5.97 Å². The average molecular weight is 446 g/mol. The fourth-order valence-electron chi connectivity index (χ4n) is 3.35. The molecule has 7 nitrogen and oxygen atoms in total. The van der Waals surface area contributed by atoms with Gasteiger partial charge in [-0.05, 0) is 29.8 Å². The zero-order valence-electron chi connectivity index (χ0n) is 18.2. The molecule has 0 bridgehead atoms.